The van der Waals surface area contributed by atoms with Gasteiger partial charge in [-0.3, -0.25) is 4.90 Å². The SMILES string of the molecule is CCNC(=NCc1ccc(CN2CCN(CC)CC2)cc1)NCC(C)(C)OC.I. The summed E-state index contributed by atoms with van der Waals surface area (Å²) < 4.78 is 5.46. The minimum Gasteiger partial charge on any atom is -0.377 e. The molecule has 29 heavy (non-hydrogen) atoms. The molecule has 0 amide bonds. The van der Waals surface area contributed by atoms with Gasteiger partial charge in [-0.15, -0.1) is 24.0 Å². The topological polar surface area (TPSA) is 52.1 Å². The van der Waals surface area contributed by atoms with Crippen LogP contribution in [-0.4, -0.2) is 74.3 Å². The van der Waals surface area contributed by atoms with Gasteiger partial charge in [0.25, 0.3) is 0 Å². The number of hydrogen-bond acceptors (Lipinski definition) is 4. The van der Waals surface area contributed by atoms with Crippen LogP contribution in [0.3, 0.4) is 0 Å². The van der Waals surface area contributed by atoms with Crippen molar-refractivity contribution in [2.45, 2.75) is 46.4 Å². The predicted molar refractivity (Wildman–Crippen MR) is 133 cm³/mol. The van der Waals surface area contributed by atoms with Gasteiger partial charge < -0.3 is 20.3 Å². The van der Waals surface area contributed by atoms with E-state index in [-0.39, 0.29) is 29.6 Å². The Hall–Kier alpha value is -0.900. The molecule has 0 atom stereocenters. The van der Waals surface area contributed by atoms with E-state index in [9.17, 15) is 0 Å². The number of likely N-dealkylation sites (N-methyl/N-ethyl adjacent to an activating group) is 1. The molecule has 1 saturated heterocycles. The molecule has 7 heteroatoms. The van der Waals surface area contributed by atoms with E-state index in [1.54, 1.807) is 7.11 Å². The molecule has 0 aromatic heterocycles. The first-order chi connectivity index (χ1) is 13.5. The summed E-state index contributed by atoms with van der Waals surface area (Å²) in [6.45, 7) is 17.5. The number of methoxy groups -OCH3 is 1. The first-order valence-electron chi connectivity index (χ1n) is 10.6. The number of rotatable bonds is 9. The summed E-state index contributed by atoms with van der Waals surface area (Å²) in [4.78, 5) is 9.77. The zero-order valence-electron chi connectivity index (χ0n) is 18.8. The Labute approximate surface area is 194 Å². The van der Waals surface area contributed by atoms with Crippen LogP contribution in [0.5, 0.6) is 0 Å². The molecule has 1 fully saturated rings. The van der Waals surface area contributed by atoms with Gasteiger partial charge in [0.1, 0.15) is 0 Å². The molecule has 1 aliphatic heterocycles. The highest BCUT2D eigenvalue weighted by Crippen LogP contribution is 2.11. The highest BCUT2D eigenvalue weighted by molar-refractivity contribution is 14.0. The van der Waals surface area contributed by atoms with Gasteiger partial charge in [-0.05, 0) is 38.4 Å². The molecule has 1 aliphatic rings. The van der Waals surface area contributed by atoms with Gasteiger partial charge in [0.15, 0.2) is 5.96 Å². The average Bonchev–Trinajstić information content (AvgIpc) is 2.72. The van der Waals surface area contributed by atoms with Gasteiger partial charge >= 0.3 is 0 Å². The van der Waals surface area contributed by atoms with Crippen LogP contribution in [-0.2, 0) is 17.8 Å². The van der Waals surface area contributed by atoms with Crippen molar-refractivity contribution in [3.63, 3.8) is 0 Å². The summed E-state index contributed by atoms with van der Waals surface area (Å²) in [6.07, 6.45) is 0. The number of nitrogens with one attached hydrogen (secondary N) is 2. The van der Waals surface area contributed by atoms with E-state index < -0.39 is 0 Å². The zero-order valence-corrected chi connectivity index (χ0v) is 21.2. The Balaban J connectivity index is 0.00000420. The molecule has 6 nitrogen and oxygen atoms in total. The molecular weight excluding hydrogens is 477 g/mol. The highest BCUT2D eigenvalue weighted by atomic mass is 127. The second-order valence-electron chi connectivity index (χ2n) is 8.04. The Morgan fingerprint density at radius 3 is 2.14 bits per heavy atom. The summed E-state index contributed by atoms with van der Waals surface area (Å²) >= 11 is 0. The number of aliphatic imine (C=N–C) groups is 1. The minimum atomic E-state index is -0.222. The maximum atomic E-state index is 5.46. The fourth-order valence-corrected chi connectivity index (χ4v) is 3.15. The van der Waals surface area contributed by atoms with Gasteiger partial charge in [0, 0.05) is 52.9 Å². The van der Waals surface area contributed by atoms with E-state index in [2.05, 4.69) is 72.4 Å². The van der Waals surface area contributed by atoms with Crippen LogP contribution in [0.1, 0.15) is 38.8 Å². The number of halogens is 1. The lowest BCUT2D eigenvalue weighted by atomic mass is 10.1. The lowest BCUT2D eigenvalue weighted by molar-refractivity contribution is 0.0268. The fraction of sp³-hybridized carbons (Fsp3) is 0.682. The third-order valence-electron chi connectivity index (χ3n) is 5.34. The van der Waals surface area contributed by atoms with Crippen molar-refractivity contribution in [3.05, 3.63) is 35.4 Å². The molecule has 1 heterocycles. The number of piperazine rings is 1. The molecule has 0 unspecified atom stereocenters. The second kappa shape index (κ2) is 13.4. The van der Waals surface area contributed by atoms with Gasteiger partial charge in [0.05, 0.1) is 12.1 Å². The van der Waals surface area contributed by atoms with Crippen molar-refractivity contribution in [2.24, 2.45) is 4.99 Å². The van der Waals surface area contributed by atoms with Crippen molar-refractivity contribution in [2.75, 3.05) is 52.9 Å². The van der Waals surface area contributed by atoms with E-state index >= 15 is 0 Å². The number of nitrogens with zero attached hydrogens (tertiary/aromatic N) is 3. The zero-order chi connectivity index (χ0) is 20.4. The maximum Gasteiger partial charge on any atom is 0.191 e. The van der Waals surface area contributed by atoms with Gasteiger partial charge in [0.2, 0.25) is 0 Å². The Bertz CT molecular complexity index is 598. The van der Waals surface area contributed by atoms with Crippen LogP contribution < -0.4 is 10.6 Å². The smallest absolute Gasteiger partial charge is 0.191 e. The van der Waals surface area contributed by atoms with Crippen molar-refractivity contribution in [3.8, 4) is 0 Å². The minimum absolute atomic E-state index is 0. The quantitative estimate of drug-likeness (QED) is 0.300. The fourth-order valence-electron chi connectivity index (χ4n) is 3.15. The third-order valence-corrected chi connectivity index (χ3v) is 5.34. The molecule has 1 aromatic rings. The highest BCUT2D eigenvalue weighted by Gasteiger charge is 2.17. The molecule has 0 aliphatic carbocycles. The van der Waals surface area contributed by atoms with Crippen LogP contribution in [0, 0.1) is 0 Å². The maximum absolute atomic E-state index is 5.46. The Kier molecular flexibility index (Phi) is 12.1. The van der Waals surface area contributed by atoms with Crippen molar-refractivity contribution in [1.82, 2.24) is 20.4 Å². The number of ether oxygens (including phenoxy) is 1. The van der Waals surface area contributed by atoms with Crippen LogP contribution in [0.25, 0.3) is 0 Å². The summed E-state index contributed by atoms with van der Waals surface area (Å²) in [5, 5.41) is 6.66. The molecule has 0 bridgehead atoms. The number of hydrogen-bond donors (Lipinski definition) is 2. The molecule has 0 spiro atoms. The largest absolute Gasteiger partial charge is 0.377 e. The molecule has 2 N–H and O–H groups in total. The van der Waals surface area contributed by atoms with Crippen molar-refractivity contribution in [1.29, 1.82) is 0 Å². The van der Waals surface area contributed by atoms with Gasteiger partial charge in [-0.1, -0.05) is 31.2 Å². The lowest BCUT2D eigenvalue weighted by Gasteiger charge is -2.34. The van der Waals surface area contributed by atoms with Crippen LogP contribution in [0.15, 0.2) is 29.3 Å². The molecule has 2 rings (SSSR count). The molecule has 0 saturated carbocycles. The standard InChI is InChI=1S/C22H39N5O.HI/c1-6-23-21(25-18-22(3,4)28-5)24-16-19-8-10-20(11-9-19)17-27-14-12-26(7-2)13-15-27;/h8-11H,6-7,12-18H2,1-5H3,(H2,23,24,25);1H. The molecule has 166 valence electrons. The second-order valence-corrected chi connectivity index (χ2v) is 8.04. The summed E-state index contributed by atoms with van der Waals surface area (Å²) in [6, 6.07) is 8.88. The lowest BCUT2D eigenvalue weighted by Crippen LogP contribution is -2.45. The van der Waals surface area contributed by atoms with E-state index in [0.29, 0.717) is 13.1 Å². The normalized spacial score (nSPS) is 16.4. The Morgan fingerprint density at radius 2 is 1.59 bits per heavy atom. The van der Waals surface area contributed by atoms with Gasteiger partial charge in [-0.25, -0.2) is 4.99 Å². The van der Waals surface area contributed by atoms with E-state index in [0.717, 1.165) is 38.7 Å². The molecular formula is C22H40IN5O. The van der Waals surface area contributed by atoms with E-state index in [1.807, 2.05) is 0 Å². The number of benzene rings is 1. The van der Waals surface area contributed by atoms with Crippen LogP contribution in [0.2, 0.25) is 0 Å². The molecule has 1 aromatic carbocycles. The summed E-state index contributed by atoms with van der Waals surface area (Å²) in [7, 11) is 1.73. The predicted octanol–water partition coefficient (Wildman–Crippen LogP) is 2.92. The average molecular weight is 518 g/mol. The van der Waals surface area contributed by atoms with Gasteiger partial charge in [-0.2, -0.15) is 0 Å². The summed E-state index contributed by atoms with van der Waals surface area (Å²) in [5.74, 6) is 0.825. The van der Waals surface area contributed by atoms with Crippen LogP contribution >= 0.6 is 24.0 Å². The van der Waals surface area contributed by atoms with Crippen LogP contribution in [0.4, 0.5) is 0 Å². The first-order valence-corrected chi connectivity index (χ1v) is 10.6. The number of guanidine groups is 1. The van der Waals surface area contributed by atoms with Crippen molar-refractivity contribution >= 4 is 29.9 Å². The van der Waals surface area contributed by atoms with E-state index in [4.69, 9.17) is 9.73 Å². The van der Waals surface area contributed by atoms with E-state index in [1.165, 1.54) is 24.2 Å². The molecule has 0 radical (unpaired) electrons. The monoisotopic (exact) mass is 517 g/mol. The Morgan fingerprint density at radius 1 is 1.00 bits per heavy atom. The first kappa shape index (κ1) is 26.1. The third kappa shape index (κ3) is 9.63. The van der Waals surface area contributed by atoms with Crippen molar-refractivity contribution < 1.29 is 4.74 Å². The summed E-state index contributed by atoms with van der Waals surface area (Å²) in [5.41, 5.74) is 2.38.